The molecule has 0 bridgehead atoms. The van der Waals surface area contributed by atoms with Crippen molar-refractivity contribution >= 4 is 11.5 Å². The molecule has 98 valence electrons. The van der Waals surface area contributed by atoms with E-state index in [0.717, 1.165) is 43.3 Å². The van der Waals surface area contributed by atoms with Crippen molar-refractivity contribution in [2.24, 2.45) is 0 Å². The number of methoxy groups -OCH3 is 1. The lowest BCUT2D eigenvalue weighted by molar-refractivity contribution is 0.378. The number of likely N-dealkylation sites (tertiary alicyclic amines) is 1. The van der Waals surface area contributed by atoms with Crippen molar-refractivity contribution < 1.29 is 4.74 Å². The lowest BCUT2D eigenvalue weighted by Gasteiger charge is -2.29. The van der Waals surface area contributed by atoms with E-state index in [2.05, 4.69) is 10.2 Å². The molecule has 0 aliphatic carbocycles. The van der Waals surface area contributed by atoms with Gasteiger partial charge in [0.1, 0.15) is 5.75 Å². The normalized spacial score (nSPS) is 15.6. The van der Waals surface area contributed by atoms with Crippen LogP contribution in [0.4, 0.5) is 5.69 Å². The van der Waals surface area contributed by atoms with Gasteiger partial charge in [-0.25, -0.2) is 0 Å². The molecule has 1 heterocycles. The lowest BCUT2D eigenvalue weighted by atomic mass is 10.1. The van der Waals surface area contributed by atoms with E-state index in [0.29, 0.717) is 0 Å². The van der Waals surface area contributed by atoms with Gasteiger partial charge in [0.05, 0.1) is 12.9 Å². The van der Waals surface area contributed by atoms with Crippen LogP contribution in [0, 0.1) is 5.41 Å². The summed E-state index contributed by atoms with van der Waals surface area (Å²) in [4.78, 5) is 2.17. The van der Waals surface area contributed by atoms with Crippen molar-refractivity contribution in [1.29, 1.82) is 5.41 Å². The van der Waals surface area contributed by atoms with Gasteiger partial charge in [-0.15, -0.1) is 0 Å². The minimum atomic E-state index is 0.790. The molecule has 2 N–H and O–H groups in total. The van der Waals surface area contributed by atoms with Gasteiger partial charge >= 0.3 is 0 Å². The van der Waals surface area contributed by atoms with Crippen LogP contribution < -0.4 is 10.1 Å². The summed E-state index contributed by atoms with van der Waals surface area (Å²) in [7, 11) is 1.67. The van der Waals surface area contributed by atoms with E-state index in [1.807, 2.05) is 24.3 Å². The summed E-state index contributed by atoms with van der Waals surface area (Å²) in [5.41, 5.74) is 1.10. The third kappa shape index (κ3) is 3.39. The van der Waals surface area contributed by atoms with Crippen LogP contribution in [0.3, 0.4) is 0 Å². The zero-order valence-electron chi connectivity index (χ0n) is 10.9. The molecule has 0 spiro atoms. The molecule has 0 amide bonds. The molecule has 0 atom stereocenters. The second-order valence-corrected chi connectivity index (χ2v) is 4.55. The van der Waals surface area contributed by atoms with Crippen LogP contribution in [0.5, 0.6) is 5.75 Å². The molecule has 0 aromatic heterocycles. The SMILES string of the molecule is COc1ccc(NCCN2CCCCC2=N)cc1. The summed E-state index contributed by atoms with van der Waals surface area (Å²) in [6.45, 7) is 2.81. The Morgan fingerprint density at radius 1 is 1.28 bits per heavy atom. The van der Waals surface area contributed by atoms with Crippen molar-refractivity contribution in [3.8, 4) is 5.75 Å². The van der Waals surface area contributed by atoms with Crippen LogP contribution >= 0.6 is 0 Å². The summed E-state index contributed by atoms with van der Waals surface area (Å²) in [5, 5.41) is 11.2. The molecule has 1 fully saturated rings. The molecule has 0 unspecified atom stereocenters. The zero-order valence-corrected chi connectivity index (χ0v) is 10.9. The molecule has 1 aliphatic rings. The van der Waals surface area contributed by atoms with Crippen LogP contribution in [0.25, 0.3) is 0 Å². The van der Waals surface area contributed by atoms with Crippen molar-refractivity contribution in [3.63, 3.8) is 0 Å². The summed E-state index contributed by atoms with van der Waals surface area (Å²) < 4.78 is 5.12. The fraction of sp³-hybridized carbons (Fsp3) is 0.500. The quantitative estimate of drug-likeness (QED) is 0.840. The molecule has 0 saturated carbocycles. The third-order valence-corrected chi connectivity index (χ3v) is 3.27. The molecular formula is C14H21N3O. The van der Waals surface area contributed by atoms with Gasteiger partial charge in [0.25, 0.3) is 0 Å². The maximum absolute atomic E-state index is 7.86. The number of benzene rings is 1. The predicted octanol–water partition coefficient (Wildman–Crippen LogP) is 2.57. The summed E-state index contributed by atoms with van der Waals surface area (Å²) in [6, 6.07) is 7.93. The molecule has 1 aromatic rings. The molecule has 0 radical (unpaired) electrons. The second-order valence-electron chi connectivity index (χ2n) is 4.55. The number of hydrogen-bond donors (Lipinski definition) is 2. The van der Waals surface area contributed by atoms with Gasteiger partial charge in [0, 0.05) is 31.7 Å². The number of nitrogens with one attached hydrogen (secondary N) is 2. The number of piperidine rings is 1. The highest BCUT2D eigenvalue weighted by Gasteiger charge is 2.13. The summed E-state index contributed by atoms with van der Waals surface area (Å²) in [5.74, 6) is 1.66. The van der Waals surface area contributed by atoms with Gasteiger partial charge in [0.2, 0.25) is 0 Å². The fourth-order valence-corrected chi connectivity index (χ4v) is 2.18. The number of nitrogens with zero attached hydrogens (tertiary/aromatic N) is 1. The van der Waals surface area contributed by atoms with Crippen molar-refractivity contribution in [3.05, 3.63) is 24.3 Å². The van der Waals surface area contributed by atoms with Crippen LogP contribution in [0.1, 0.15) is 19.3 Å². The Kier molecular flexibility index (Phi) is 4.45. The topological polar surface area (TPSA) is 48.4 Å². The molecular weight excluding hydrogens is 226 g/mol. The Morgan fingerprint density at radius 2 is 2.06 bits per heavy atom. The van der Waals surface area contributed by atoms with E-state index in [1.54, 1.807) is 7.11 Å². The van der Waals surface area contributed by atoms with Crippen LogP contribution in [-0.2, 0) is 0 Å². The standard InChI is InChI=1S/C14H21N3O/c1-18-13-7-5-12(6-8-13)16-9-11-17-10-3-2-4-14(17)15/h5-8,15-16H,2-4,9-11H2,1H3. The van der Waals surface area contributed by atoms with Crippen molar-refractivity contribution in [2.75, 3.05) is 32.1 Å². The Hall–Kier alpha value is -1.71. The van der Waals surface area contributed by atoms with Gasteiger partial charge in [-0.05, 0) is 37.1 Å². The highest BCUT2D eigenvalue weighted by atomic mass is 16.5. The summed E-state index contributed by atoms with van der Waals surface area (Å²) in [6.07, 6.45) is 3.31. The third-order valence-electron chi connectivity index (χ3n) is 3.27. The van der Waals surface area contributed by atoms with Gasteiger partial charge in [-0.1, -0.05) is 0 Å². The number of amidine groups is 1. The molecule has 1 saturated heterocycles. The average molecular weight is 247 g/mol. The fourth-order valence-electron chi connectivity index (χ4n) is 2.18. The average Bonchev–Trinajstić information content (AvgIpc) is 2.42. The van der Waals surface area contributed by atoms with Crippen molar-refractivity contribution in [1.82, 2.24) is 4.90 Å². The second kappa shape index (κ2) is 6.28. The van der Waals surface area contributed by atoms with Gasteiger partial charge in [0.15, 0.2) is 0 Å². The maximum atomic E-state index is 7.86. The summed E-state index contributed by atoms with van der Waals surface area (Å²) >= 11 is 0. The van der Waals surface area contributed by atoms with E-state index in [1.165, 1.54) is 12.8 Å². The minimum Gasteiger partial charge on any atom is -0.497 e. The smallest absolute Gasteiger partial charge is 0.119 e. The largest absolute Gasteiger partial charge is 0.497 e. The van der Waals surface area contributed by atoms with Crippen LogP contribution in [0.2, 0.25) is 0 Å². The molecule has 18 heavy (non-hydrogen) atoms. The molecule has 4 heteroatoms. The van der Waals surface area contributed by atoms with Gasteiger partial charge in [-0.2, -0.15) is 0 Å². The highest BCUT2D eigenvalue weighted by molar-refractivity contribution is 5.79. The predicted molar refractivity (Wildman–Crippen MR) is 74.6 cm³/mol. The van der Waals surface area contributed by atoms with Crippen molar-refractivity contribution in [2.45, 2.75) is 19.3 Å². The Balaban J connectivity index is 1.75. The highest BCUT2D eigenvalue weighted by Crippen LogP contribution is 2.15. The minimum absolute atomic E-state index is 0.790. The van der Waals surface area contributed by atoms with E-state index in [9.17, 15) is 0 Å². The molecule has 1 aliphatic heterocycles. The van der Waals surface area contributed by atoms with E-state index >= 15 is 0 Å². The molecule has 2 rings (SSSR count). The lowest BCUT2D eigenvalue weighted by Crippen LogP contribution is -2.38. The zero-order chi connectivity index (χ0) is 12.8. The van der Waals surface area contributed by atoms with E-state index in [-0.39, 0.29) is 0 Å². The molecule has 1 aromatic carbocycles. The first-order chi connectivity index (χ1) is 8.79. The van der Waals surface area contributed by atoms with Crippen LogP contribution in [0.15, 0.2) is 24.3 Å². The monoisotopic (exact) mass is 247 g/mol. The Labute approximate surface area is 108 Å². The number of rotatable bonds is 5. The van der Waals surface area contributed by atoms with Crippen LogP contribution in [-0.4, -0.2) is 37.5 Å². The molecule has 4 nitrogen and oxygen atoms in total. The first-order valence-electron chi connectivity index (χ1n) is 6.50. The first-order valence-corrected chi connectivity index (χ1v) is 6.50. The van der Waals surface area contributed by atoms with Gasteiger partial charge < -0.3 is 15.0 Å². The first kappa shape index (κ1) is 12.7. The van der Waals surface area contributed by atoms with Gasteiger partial charge in [-0.3, -0.25) is 5.41 Å². The van der Waals surface area contributed by atoms with E-state index < -0.39 is 0 Å². The number of ether oxygens (including phenoxy) is 1. The Morgan fingerprint density at radius 3 is 2.72 bits per heavy atom. The number of anilines is 1. The number of hydrogen-bond acceptors (Lipinski definition) is 3. The van der Waals surface area contributed by atoms with E-state index in [4.69, 9.17) is 10.1 Å². The Bertz CT molecular complexity index is 389. The maximum Gasteiger partial charge on any atom is 0.119 e.